The number of hydrogen-bond acceptors (Lipinski definition) is 6. The average Bonchev–Trinajstić information content (AvgIpc) is 3.41. The Kier molecular flexibility index (Phi) is 10.1. The van der Waals surface area contributed by atoms with Crippen LogP contribution in [0.3, 0.4) is 0 Å². The summed E-state index contributed by atoms with van der Waals surface area (Å²) in [6, 6.07) is 17.0. The Morgan fingerprint density at radius 3 is 2.50 bits per heavy atom. The van der Waals surface area contributed by atoms with Crippen LogP contribution in [0.5, 0.6) is 0 Å². The number of carbonyl (C=O) groups is 1. The van der Waals surface area contributed by atoms with Crippen molar-refractivity contribution in [2.24, 2.45) is 0 Å². The molecule has 0 aliphatic carbocycles. The van der Waals surface area contributed by atoms with Gasteiger partial charge in [-0.25, -0.2) is 13.8 Å². The maximum atomic E-state index is 13.9. The van der Waals surface area contributed by atoms with Crippen molar-refractivity contribution < 1.29 is 28.2 Å². The SMILES string of the molecule is CCc1cccc(CNCC(O)C(Cc2cc(F)cc(F)c2)NC(=O)c2cccc(-c3nc(CCO)co3)c2)c1. The van der Waals surface area contributed by atoms with Crippen molar-refractivity contribution in [3.8, 4) is 11.5 Å². The zero-order valence-corrected chi connectivity index (χ0v) is 22.2. The number of aryl methyl sites for hydroxylation is 1. The van der Waals surface area contributed by atoms with Crippen molar-refractivity contribution in [3.05, 3.63) is 113 Å². The van der Waals surface area contributed by atoms with E-state index in [4.69, 9.17) is 9.52 Å². The minimum atomic E-state index is -1.06. The van der Waals surface area contributed by atoms with Gasteiger partial charge in [0, 0.05) is 43.3 Å². The van der Waals surface area contributed by atoms with Crippen LogP contribution in [0.25, 0.3) is 11.5 Å². The Hall–Kier alpha value is -3.92. The molecular weight excluding hydrogens is 516 g/mol. The number of hydrogen-bond donors (Lipinski definition) is 4. The van der Waals surface area contributed by atoms with Gasteiger partial charge >= 0.3 is 0 Å². The lowest BCUT2D eigenvalue weighted by atomic mass is 9.99. The quantitative estimate of drug-likeness (QED) is 0.199. The van der Waals surface area contributed by atoms with E-state index in [1.807, 2.05) is 18.2 Å². The van der Waals surface area contributed by atoms with Gasteiger partial charge in [0.05, 0.1) is 17.8 Å². The zero-order valence-electron chi connectivity index (χ0n) is 22.2. The summed E-state index contributed by atoms with van der Waals surface area (Å²) in [4.78, 5) is 17.6. The van der Waals surface area contributed by atoms with Gasteiger partial charge < -0.3 is 25.3 Å². The van der Waals surface area contributed by atoms with E-state index >= 15 is 0 Å². The number of benzene rings is 3. The second-order valence-electron chi connectivity index (χ2n) is 9.63. The maximum Gasteiger partial charge on any atom is 0.251 e. The van der Waals surface area contributed by atoms with E-state index in [1.165, 1.54) is 24.0 Å². The molecule has 40 heavy (non-hydrogen) atoms. The first kappa shape index (κ1) is 29.1. The van der Waals surface area contributed by atoms with Crippen molar-refractivity contribution in [2.75, 3.05) is 13.2 Å². The first-order valence-corrected chi connectivity index (χ1v) is 13.2. The molecule has 9 heteroatoms. The van der Waals surface area contributed by atoms with Gasteiger partial charge in [-0.3, -0.25) is 4.79 Å². The lowest BCUT2D eigenvalue weighted by Gasteiger charge is -2.25. The van der Waals surface area contributed by atoms with Crippen LogP contribution in [-0.2, 0) is 25.8 Å². The highest BCUT2D eigenvalue weighted by Gasteiger charge is 2.23. The largest absolute Gasteiger partial charge is 0.444 e. The van der Waals surface area contributed by atoms with E-state index in [2.05, 4.69) is 28.6 Å². The van der Waals surface area contributed by atoms with E-state index in [9.17, 15) is 18.7 Å². The van der Waals surface area contributed by atoms with E-state index in [0.29, 0.717) is 41.2 Å². The van der Waals surface area contributed by atoms with Crippen LogP contribution >= 0.6 is 0 Å². The summed E-state index contributed by atoms with van der Waals surface area (Å²) < 4.78 is 33.2. The molecule has 210 valence electrons. The predicted octanol–water partition coefficient (Wildman–Crippen LogP) is 4.21. The summed E-state index contributed by atoms with van der Waals surface area (Å²) in [5, 5.41) is 26.2. The van der Waals surface area contributed by atoms with Gasteiger partial charge in [-0.2, -0.15) is 0 Å². The molecule has 0 saturated heterocycles. The van der Waals surface area contributed by atoms with Crippen LogP contribution in [0.4, 0.5) is 8.78 Å². The van der Waals surface area contributed by atoms with Crippen molar-refractivity contribution in [1.82, 2.24) is 15.6 Å². The fourth-order valence-corrected chi connectivity index (χ4v) is 4.45. The minimum Gasteiger partial charge on any atom is -0.444 e. The minimum absolute atomic E-state index is 0.0124. The van der Waals surface area contributed by atoms with Crippen LogP contribution in [-0.4, -0.2) is 46.4 Å². The van der Waals surface area contributed by atoms with Gasteiger partial charge in [0.1, 0.15) is 17.9 Å². The number of amides is 1. The average molecular weight is 550 g/mol. The Labute approximate surface area is 231 Å². The predicted molar refractivity (Wildman–Crippen MR) is 148 cm³/mol. The number of nitrogens with one attached hydrogen (secondary N) is 2. The Balaban J connectivity index is 1.48. The Bertz CT molecular complexity index is 1400. The molecule has 2 unspecified atom stereocenters. The molecule has 0 bridgehead atoms. The molecule has 4 rings (SSSR count). The van der Waals surface area contributed by atoms with Gasteiger partial charge in [0.15, 0.2) is 0 Å². The molecule has 4 aromatic rings. The second kappa shape index (κ2) is 13.9. The first-order valence-electron chi connectivity index (χ1n) is 13.2. The number of nitrogens with zero attached hydrogens (tertiary/aromatic N) is 1. The monoisotopic (exact) mass is 549 g/mol. The van der Waals surface area contributed by atoms with Crippen LogP contribution in [0.2, 0.25) is 0 Å². The highest BCUT2D eigenvalue weighted by Crippen LogP contribution is 2.21. The number of oxazole rings is 1. The van der Waals surface area contributed by atoms with E-state index < -0.39 is 29.7 Å². The third-order valence-electron chi connectivity index (χ3n) is 6.53. The topological polar surface area (TPSA) is 108 Å². The molecule has 1 amide bonds. The number of aliphatic hydroxyl groups is 2. The first-order chi connectivity index (χ1) is 19.3. The van der Waals surface area contributed by atoms with Gasteiger partial charge in [0.25, 0.3) is 5.91 Å². The summed E-state index contributed by atoms with van der Waals surface area (Å²) in [6.07, 6.45) is 1.67. The fraction of sp³-hybridized carbons (Fsp3) is 0.290. The highest BCUT2D eigenvalue weighted by atomic mass is 19.1. The van der Waals surface area contributed by atoms with Crippen molar-refractivity contribution in [2.45, 2.75) is 44.9 Å². The summed E-state index contributed by atoms with van der Waals surface area (Å²) >= 11 is 0. The molecule has 0 aliphatic heterocycles. The lowest BCUT2D eigenvalue weighted by Crippen LogP contribution is -2.48. The Morgan fingerprint density at radius 1 is 1.00 bits per heavy atom. The van der Waals surface area contributed by atoms with Crippen molar-refractivity contribution in [3.63, 3.8) is 0 Å². The standard InChI is InChI=1S/C31H33F2N3O4/c1-2-20-5-3-6-21(11-20)17-34-18-29(38)28(14-22-12-25(32)16-26(33)13-22)36-30(39)23-7-4-8-24(15-23)31-35-27(9-10-37)19-40-31/h3-8,11-13,15-16,19,28-29,34,37-38H,2,9-10,14,17-18H2,1H3,(H,36,39). The number of aliphatic hydroxyl groups excluding tert-OH is 2. The summed E-state index contributed by atoms with van der Waals surface area (Å²) in [7, 11) is 0. The van der Waals surface area contributed by atoms with Crippen LogP contribution < -0.4 is 10.6 Å². The molecule has 0 spiro atoms. The third-order valence-corrected chi connectivity index (χ3v) is 6.53. The van der Waals surface area contributed by atoms with Crippen LogP contribution in [0, 0.1) is 11.6 Å². The fourth-order valence-electron chi connectivity index (χ4n) is 4.45. The molecule has 1 aromatic heterocycles. The Morgan fingerprint density at radius 2 is 1.75 bits per heavy atom. The second-order valence-corrected chi connectivity index (χ2v) is 9.63. The number of rotatable bonds is 13. The maximum absolute atomic E-state index is 13.9. The van der Waals surface area contributed by atoms with Crippen LogP contribution in [0.15, 0.2) is 77.4 Å². The van der Waals surface area contributed by atoms with Gasteiger partial charge in [0.2, 0.25) is 5.89 Å². The number of aromatic nitrogens is 1. The summed E-state index contributed by atoms with van der Waals surface area (Å²) in [5.41, 5.74) is 4.03. The number of halogens is 2. The smallest absolute Gasteiger partial charge is 0.251 e. The molecule has 0 fully saturated rings. The third kappa shape index (κ3) is 8.05. The number of carbonyl (C=O) groups excluding carboxylic acids is 1. The molecule has 0 radical (unpaired) electrons. The lowest BCUT2D eigenvalue weighted by molar-refractivity contribution is 0.0830. The van der Waals surface area contributed by atoms with Gasteiger partial charge in [-0.1, -0.05) is 37.3 Å². The molecule has 1 heterocycles. The molecule has 0 aliphatic rings. The summed E-state index contributed by atoms with van der Waals surface area (Å²) in [5.74, 6) is -1.63. The molecule has 7 nitrogen and oxygen atoms in total. The van der Waals surface area contributed by atoms with Gasteiger partial charge in [-0.15, -0.1) is 0 Å². The van der Waals surface area contributed by atoms with Crippen molar-refractivity contribution in [1.29, 1.82) is 0 Å². The molecular formula is C31H33F2N3O4. The normalized spacial score (nSPS) is 12.7. The van der Waals surface area contributed by atoms with Crippen LogP contribution in [0.1, 0.15) is 39.7 Å². The molecule has 2 atom stereocenters. The highest BCUT2D eigenvalue weighted by molar-refractivity contribution is 5.95. The van der Waals surface area contributed by atoms with E-state index in [-0.39, 0.29) is 19.6 Å². The molecule has 0 saturated carbocycles. The summed E-state index contributed by atoms with van der Waals surface area (Å²) in [6.45, 7) is 2.67. The van der Waals surface area contributed by atoms with Crippen molar-refractivity contribution >= 4 is 5.91 Å². The van der Waals surface area contributed by atoms with E-state index in [0.717, 1.165) is 18.1 Å². The molecule has 4 N–H and O–H groups in total. The van der Waals surface area contributed by atoms with E-state index in [1.54, 1.807) is 24.3 Å². The molecule has 3 aromatic carbocycles. The van der Waals surface area contributed by atoms with Gasteiger partial charge in [-0.05, 0) is 59.9 Å². The zero-order chi connectivity index (χ0) is 28.5.